The first-order chi connectivity index (χ1) is 5.85. The van der Waals surface area contributed by atoms with Gasteiger partial charge in [0.25, 0.3) is 15.9 Å². The average Bonchev–Trinajstić information content (AvgIpc) is 2.04. The minimum absolute atomic E-state index is 0.209. The molecule has 13 heavy (non-hydrogen) atoms. The quantitative estimate of drug-likeness (QED) is 0.661. The minimum Gasteiger partial charge on any atom is -0.330 e. The first kappa shape index (κ1) is 10.5. The van der Waals surface area contributed by atoms with Crippen molar-refractivity contribution >= 4 is 15.9 Å². The van der Waals surface area contributed by atoms with E-state index in [0.29, 0.717) is 13.0 Å². The van der Waals surface area contributed by atoms with Gasteiger partial charge in [-0.2, -0.15) is 0 Å². The average molecular weight is 206 g/mol. The highest BCUT2D eigenvalue weighted by molar-refractivity contribution is 7.94. The number of rotatable bonds is 3. The van der Waals surface area contributed by atoms with Gasteiger partial charge in [-0.05, 0) is 26.8 Å². The van der Waals surface area contributed by atoms with Gasteiger partial charge in [-0.25, -0.2) is 12.7 Å². The summed E-state index contributed by atoms with van der Waals surface area (Å²) in [6.45, 7) is 3.44. The van der Waals surface area contributed by atoms with Gasteiger partial charge in [-0.1, -0.05) is 0 Å². The molecular weight excluding hydrogens is 192 g/mol. The van der Waals surface area contributed by atoms with Crippen LogP contribution in [0.3, 0.4) is 0 Å². The van der Waals surface area contributed by atoms with Crippen molar-refractivity contribution in [3.05, 3.63) is 0 Å². The Morgan fingerprint density at radius 3 is 2.38 bits per heavy atom. The number of hydrogen-bond acceptors (Lipinski definition) is 4. The lowest BCUT2D eigenvalue weighted by Crippen LogP contribution is -2.67. The van der Waals surface area contributed by atoms with Crippen LogP contribution in [0.1, 0.15) is 20.3 Å². The van der Waals surface area contributed by atoms with Crippen LogP contribution in [0.4, 0.5) is 0 Å². The Balaban J connectivity index is 2.78. The number of carbonyl (C=O) groups is 1. The summed E-state index contributed by atoms with van der Waals surface area (Å²) in [6.07, 6.45) is 0.515. The lowest BCUT2D eigenvalue weighted by molar-refractivity contribution is -0.132. The molecule has 1 aliphatic heterocycles. The Bertz CT molecular complexity index is 321. The molecule has 0 radical (unpaired) electrons. The van der Waals surface area contributed by atoms with Gasteiger partial charge in [0.05, 0.1) is 0 Å². The van der Waals surface area contributed by atoms with Crippen molar-refractivity contribution in [1.82, 2.24) is 4.31 Å². The van der Waals surface area contributed by atoms with Crippen LogP contribution in [-0.4, -0.2) is 36.5 Å². The molecule has 76 valence electrons. The summed E-state index contributed by atoms with van der Waals surface area (Å²) in [4.78, 5) is 11.3. The monoisotopic (exact) mass is 206 g/mol. The van der Waals surface area contributed by atoms with Gasteiger partial charge in [0.2, 0.25) is 0 Å². The summed E-state index contributed by atoms with van der Waals surface area (Å²) in [6, 6.07) is 0. The summed E-state index contributed by atoms with van der Waals surface area (Å²) in [7, 11) is -3.39. The second kappa shape index (κ2) is 2.95. The molecule has 1 aliphatic rings. The first-order valence-corrected chi connectivity index (χ1v) is 5.56. The van der Waals surface area contributed by atoms with Crippen LogP contribution in [-0.2, 0) is 14.8 Å². The third-order valence-electron chi connectivity index (χ3n) is 2.24. The van der Waals surface area contributed by atoms with Crippen LogP contribution >= 0.6 is 0 Å². The van der Waals surface area contributed by atoms with Crippen molar-refractivity contribution in [2.45, 2.75) is 25.0 Å². The van der Waals surface area contributed by atoms with E-state index in [1.54, 1.807) is 0 Å². The van der Waals surface area contributed by atoms with Gasteiger partial charge in [-0.15, -0.1) is 0 Å². The molecule has 1 rings (SSSR count). The maximum absolute atomic E-state index is 11.5. The molecule has 1 amide bonds. The number of nitrogens with two attached hydrogens (primary N) is 1. The standard InChI is InChI=1S/C7H14N2O3S/c1-7(2)6(10)9(5-3-4-8)13(7,11)12/h3-5,8H2,1-2H3. The highest BCUT2D eigenvalue weighted by atomic mass is 32.2. The summed E-state index contributed by atoms with van der Waals surface area (Å²) < 4.78 is 22.6. The van der Waals surface area contributed by atoms with Crippen molar-refractivity contribution in [2.24, 2.45) is 5.73 Å². The third-order valence-corrected chi connectivity index (χ3v) is 4.63. The van der Waals surface area contributed by atoms with Crippen molar-refractivity contribution < 1.29 is 13.2 Å². The summed E-state index contributed by atoms with van der Waals surface area (Å²) >= 11 is 0. The molecule has 0 spiro atoms. The van der Waals surface area contributed by atoms with Crippen LogP contribution < -0.4 is 5.73 Å². The van der Waals surface area contributed by atoms with Gasteiger partial charge in [0, 0.05) is 6.54 Å². The predicted molar refractivity (Wildman–Crippen MR) is 48.4 cm³/mol. The van der Waals surface area contributed by atoms with Crippen LogP contribution in [0, 0.1) is 0 Å². The van der Waals surface area contributed by atoms with E-state index >= 15 is 0 Å². The normalized spacial score (nSPS) is 24.2. The highest BCUT2D eigenvalue weighted by Gasteiger charge is 2.59. The maximum Gasteiger partial charge on any atom is 0.258 e. The molecule has 1 fully saturated rings. The number of sulfonamides is 1. The molecule has 0 aliphatic carbocycles. The molecule has 1 heterocycles. The van der Waals surface area contributed by atoms with Gasteiger partial charge < -0.3 is 5.73 Å². The summed E-state index contributed by atoms with van der Waals surface area (Å²) in [5, 5.41) is 0. The van der Waals surface area contributed by atoms with Gasteiger partial charge in [0.15, 0.2) is 4.75 Å². The largest absolute Gasteiger partial charge is 0.330 e. The number of hydrogen-bond donors (Lipinski definition) is 1. The Morgan fingerprint density at radius 2 is 2.00 bits per heavy atom. The van der Waals surface area contributed by atoms with Gasteiger partial charge in [-0.3, -0.25) is 4.79 Å². The van der Waals surface area contributed by atoms with E-state index in [1.807, 2.05) is 0 Å². The van der Waals surface area contributed by atoms with E-state index in [9.17, 15) is 13.2 Å². The van der Waals surface area contributed by atoms with E-state index in [4.69, 9.17) is 5.73 Å². The molecular formula is C7H14N2O3S. The van der Waals surface area contributed by atoms with Gasteiger partial charge >= 0.3 is 0 Å². The van der Waals surface area contributed by atoms with Gasteiger partial charge in [0.1, 0.15) is 0 Å². The fourth-order valence-corrected chi connectivity index (χ4v) is 2.78. The smallest absolute Gasteiger partial charge is 0.258 e. The highest BCUT2D eigenvalue weighted by Crippen LogP contribution is 2.34. The van der Waals surface area contributed by atoms with E-state index < -0.39 is 14.8 Å². The second-order valence-electron chi connectivity index (χ2n) is 3.53. The SMILES string of the molecule is CC1(C)C(=O)N(CCCN)S1(=O)=O. The zero-order valence-corrected chi connectivity index (χ0v) is 8.60. The van der Waals surface area contributed by atoms with Crippen LogP contribution in [0.5, 0.6) is 0 Å². The topological polar surface area (TPSA) is 80.5 Å². The van der Waals surface area contributed by atoms with E-state index in [0.717, 1.165) is 4.31 Å². The fourth-order valence-electron chi connectivity index (χ4n) is 1.21. The summed E-state index contributed by atoms with van der Waals surface area (Å²) in [5.74, 6) is -0.332. The zero-order chi connectivity index (χ0) is 10.3. The number of amides is 1. The molecule has 0 unspecified atom stereocenters. The minimum atomic E-state index is -3.39. The van der Waals surface area contributed by atoms with Crippen LogP contribution in [0.25, 0.3) is 0 Å². The Kier molecular flexibility index (Phi) is 2.38. The zero-order valence-electron chi connectivity index (χ0n) is 7.78. The molecule has 0 saturated carbocycles. The molecule has 6 heteroatoms. The van der Waals surface area contributed by atoms with E-state index in [2.05, 4.69) is 0 Å². The second-order valence-corrected chi connectivity index (χ2v) is 5.95. The Labute approximate surface area is 77.9 Å². The molecule has 2 N–H and O–H groups in total. The van der Waals surface area contributed by atoms with Crippen molar-refractivity contribution in [1.29, 1.82) is 0 Å². The van der Waals surface area contributed by atoms with E-state index in [1.165, 1.54) is 13.8 Å². The van der Waals surface area contributed by atoms with Crippen molar-refractivity contribution in [2.75, 3.05) is 13.1 Å². The molecule has 0 aromatic carbocycles. The molecule has 0 bridgehead atoms. The Hall–Kier alpha value is -0.620. The first-order valence-electron chi connectivity index (χ1n) is 4.12. The third kappa shape index (κ3) is 1.24. The molecule has 1 saturated heterocycles. The van der Waals surface area contributed by atoms with Crippen LogP contribution in [0.15, 0.2) is 0 Å². The lowest BCUT2D eigenvalue weighted by atomic mass is 10.2. The maximum atomic E-state index is 11.5. The summed E-state index contributed by atoms with van der Waals surface area (Å²) in [5.41, 5.74) is 5.22. The molecule has 0 aromatic rings. The lowest BCUT2D eigenvalue weighted by Gasteiger charge is -2.43. The fraction of sp³-hybridized carbons (Fsp3) is 0.857. The van der Waals surface area contributed by atoms with Crippen LogP contribution in [0.2, 0.25) is 0 Å². The Morgan fingerprint density at radius 1 is 1.46 bits per heavy atom. The van der Waals surface area contributed by atoms with Crippen molar-refractivity contribution in [3.63, 3.8) is 0 Å². The molecule has 5 nitrogen and oxygen atoms in total. The molecule has 0 atom stereocenters. The molecule has 0 aromatic heterocycles. The predicted octanol–water partition coefficient (Wildman–Crippen LogP) is -0.714. The van der Waals surface area contributed by atoms with Crippen molar-refractivity contribution in [3.8, 4) is 0 Å². The number of nitrogens with zero attached hydrogens (tertiary/aromatic N) is 1. The number of carbonyl (C=O) groups excluding carboxylic acids is 1. The van der Waals surface area contributed by atoms with E-state index in [-0.39, 0.29) is 12.5 Å².